The Morgan fingerprint density at radius 2 is 1.89 bits per heavy atom. The Balaban J connectivity index is 1.59. The van der Waals surface area contributed by atoms with Gasteiger partial charge in [-0.15, -0.1) is 0 Å². The van der Waals surface area contributed by atoms with Crippen LogP contribution in [0.2, 0.25) is 0 Å². The molecule has 1 atom stereocenters. The number of hydrogen-bond acceptors (Lipinski definition) is 5. The first-order chi connectivity index (χ1) is 13.3. The molecule has 0 bridgehead atoms. The Morgan fingerprint density at radius 1 is 1.18 bits per heavy atom. The molecular formula is C21H24N4O3. The fourth-order valence-corrected chi connectivity index (χ4v) is 3.11. The number of nitrogens with one attached hydrogen (secondary N) is 1. The maximum atomic E-state index is 12.2. The van der Waals surface area contributed by atoms with E-state index in [1.54, 1.807) is 23.6 Å². The highest BCUT2D eigenvalue weighted by Gasteiger charge is 2.19. The van der Waals surface area contributed by atoms with E-state index in [0.29, 0.717) is 12.1 Å². The normalized spacial score (nSPS) is 12.0. The predicted molar refractivity (Wildman–Crippen MR) is 106 cm³/mol. The van der Waals surface area contributed by atoms with E-state index in [-0.39, 0.29) is 12.3 Å². The summed E-state index contributed by atoms with van der Waals surface area (Å²) >= 11 is 0. The second-order valence-electron chi connectivity index (χ2n) is 6.80. The summed E-state index contributed by atoms with van der Waals surface area (Å²) in [6.07, 6.45) is -0.229. The van der Waals surface area contributed by atoms with Gasteiger partial charge in [0.25, 0.3) is 5.91 Å². The van der Waals surface area contributed by atoms with Crippen molar-refractivity contribution in [3.8, 4) is 0 Å². The number of benzene rings is 1. The number of ether oxygens (including phenoxy) is 1. The largest absolute Gasteiger partial charge is 0.453 e. The summed E-state index contributed by atoms with van der Waals surface area (Å²) in [6, 6.07) is 11.0. The van der Waals surface area contributed by atoms with Crippen molar-refractivity contribution in [3.05, 3.63) is 59.0 Å². The van der Waals surface area contributed by atoms with E-state index in [2.05, 4.69) is 15.4 Å². The summed E-state index contributed by atoms with van der Waals surface area (Å²) in [6.45, 7) is 7.37. The molecule has 0 aliphatic rings. The van der Waals surface area contributed by atoms with Crippen LogP contribution in [0.5, 0.6) is 0 Å². The van der Waals surface area contributed by atoms with Crippen molar-refractivity contribution in [3.63, 3.8) is 0 Å². The lowest BCUT2D eigenvalue weighted by molar-refractivity contribution is -0.153. The molecule has 0 aliphatic carbocycles. The van der Waals surface area contributed by atoms with Crippen molar-refractivity contribution in [2.24, 2.45) is 0 Å². The number of para-hydroxylation sites is 1. The maximum Gasteiger partial charge on any atom is 0.306 e. The molecular weight excluding hydrogens is 356 g/mol. The molecule has 1 aromatic carbocycles. The Hall–Kier alpha value is -3.22. The standard InChI is InChI=1S/C21H24N4O3/c1-13-12-19-22-14(2)18(15(3)25(19)24-13)10-11-20(26)28-16(4)21(27)23-17-8-6-5-7-9-17/h5-9,12,16H,10-11H2,1-4H3,(H,23,27)/t16-/m0/s1. The molecule has 0 saturated heterocycles. The quantitative estimate of drug-likeness (QED) is 0.664. The number of nitrogens with zero attached hydrogens (tertiary/aromatic N) is 3. The van der Waals surface area contributed by atoms with E-state index in [0.717, 1.165) is 28.3 Å². The molecule has 0 unspecified atom stereocenters. The lowest BCUT2D eigenvalue weighted by Gasteiger charge is -2.14. The molecule has 2 aromatic heterocycles. The van der Waals surface area contributed by atoms with Crippen LogP contribution in [0.4, 0.5) is 5.69 Å². The maximum absolute atomic E-state index is 12.2. The molecule has 0 radical (unpaired) electrons. The number of carbonyl (C=O) groups is 2. The van der Waals surface area contributed by atoms with Crippen molar-refractivity contribution in [1.82, 2.24) is 14.6 Å². The lowest BCUT2D eigenvalue weighted by atomic mass is 10.1. The number of amides is 1. The molecule has 0 fully saturated rings. The molecule has 0 aliphatic heterocycles. The van der Waals surface area contributed by atoms with Crippen molar-refractivity contribution >= 4 is 23.2 Å². The third-order valence-electron chi connectivity index (χ3n) is 4.58. The minimum absolute atomic E-state index is 0.165. The van der Waals surface area contributed by atoms with Crippen LogP contribution in [0, 0.1) is 20.8 Å². The number of aromatic nitrogens is 3. The average molecular weight is 380 g/mol. The zero-order valence-electron chi connectivity index (χ0n) is 16.5. The zero-order chi connectivity index (χ0) is 20.3. The van der Waals surface area contributed by atoms with Gasteiger partial charge >= 0.3 is 5.97 Å². The zero-order valence-corrected chi connectivity index (χ0v) is 16.5. The number of hydrogen-bond donors (Lipinski definition) is 1. The molecule has 1 N–H and O–H groups in total. The van der Waals surface area contributed by atoms with Gasteiger partial charge in [-0.05, 0) is 51.8 Å². The van der Waals surface area contributed by atoms with Crippen LogP contribution in [0.15, 0.2) is 36.4 Å². The minimum atomic E-state index is -0.871. The van der Waals surface area contributed by atoms with E-state index in [1.165, 1.54) is 0 Å². The van der Waals surface area contributed by atoms with E-state index in [1.807, 2.05) is 45.0 Å². The van der Waals surface area contributed by atoms with Gasteiger partial charge in [-0.25, -0.2) is 9.50 Å². The van der Waals surface area contributed by atoms with Gasteiger partial charge in [0.15, 0.2) is 11.8 Å². The monoisotopic (exact) mass is 380 g/mol. The fourth-order valence-electron chi connectivity index (χ4n) is 3.11. The van der Waals surface area contributed by atoms with Crippen LogP contribution in [-0.4, -0.2) is 32.6 Å². The van der Waals surface area contributed by atoms with Gasteiger partial charge in [-0.1, -0.05) is 18.2 Å². The first-order valence-corrected chi connectivity index (χ1v) is 9.23. The SMILES string of the molecule is Cc1cc2nc(C)c(CCC(=O)O[C@@H](C)C(=O)Nc3ccccc3)c(C)n2n1. The third kappa shape index (κ3) is 4.36. The highest BCUT2D eigenvalue weighted by molar-refractivity contribution is 5.95. The van der Waals surface area contributed by atoms with Gasteiger partial charge in [0.1, 0.15) is 0 Å². The molecule has 7 heteroatoms. The van der Waals surface area contributed by atoms with Crippen molar-refractivity contribution < 1.29 is 14.3 Å². The van der Waals surface area contributed by atoms with Crippen molar-refractivity contribution in [2.75, 3.05) is 5.32 Å². The van der Waals surface area contributed by atoms with Gasteiger partial charge < -0.3 is 10.1 Å². The summed E-state index contributed by atoms with van der Waals surface area (Å²) in [5, 5.41) is 7.16. The van der Waals surface area contributed by atoms with Gasteiger partial charge in [-0.2, -0.15) is 5.10 Å². The lowest BCUT2D eigenvalue weighted by Crippen LogP contribution is -2.30. The number of esters is 1. The molecule has 3 rings (SSSR count). The summed E-state index contributed by atoms with van der Waals surface area (Å²) in [5.74, 6) is -0.784. The average Bonchev–Trinajstić information content (AvgIpc) is 3.02. The molecule has 28 heavy (non-hydrogen) atoms. The second kappa shape index (κ2) is 8.21. The highest BCUT2D eigenvalue weighted by Crippen LogP contribution is 2.17. The number of carbonyl (C=O) groups excluding carboxylic acids is 2. The minimum Gasteiger partial charge on any atom is -0.453 e. The molecule has 7 nitrogen and oxygen atoms in total. The summed E-state index contributed by atoms with van der Waals surface area (Å²) < 4.78 is 7.07. The van der Waals surface area contributed by atoms with E-state index in [9.17, 15) is 9.59 Å². The van der Waals surface area contributed by atoms with Crippen LogP contribution in [-0.2, 0) is 20.7 Å². The highest BCUT2D eigenvalue weighted by atomic mass is 16.5. The van der Waals surface area contributed by atoms with Crippen LogP contribution in [0.3, 0.4) is 0 Å². The predicted octanol–water partition coefficient (Wildman–Crippen LogP) is 3.16. The van der Waals surface area contributed by atoms with E-state index < -0.39 is 12.1 Å². The first kappa shape index (κ1) is 19.5. The van der Waals surface area contributed by atoms with Gasteiger partial charge in [-0.3, -0.25) is 9.59 Å². The number of anilines is 1. The topological polar surface area (TPSA) is 85.6 Å². The van der Waals surface area contributed by atoms with Crippen molar-refractivity contribution in [2.45, 2.75) is 46.6 Å². The first-order valence-electron chi connectivity index (χ1n) is 9.23. The Kier molecular flexibility index (Phi) is 5.73. The molecule has 0 saturated carbocycles. The van der Waals surface area contributed by atoms with Crippen LogP contribution < -0.4 is 5.32 Å². The van der Waals surface area contributed by atoms with Gasteiger partial charge in [0, 0.05) is 29.6 Å². The third-order valence-corrected chi connectivity index (χ3v) is 4.58. The van der Waals surface area contributed by atoms with Crippen molar-refractivity contribution in [1.29, 1.82) is 0 Å². The number of rotatable bonds is 6. The second-order valence-corrected chi connectivity index (χ2v) is 6.80. The van der Waals surface area contributed by atoms with E-state index in [4.69, 9.17) is 4.74 Å². The summed E-state index contributed by atoms with van der Waals surface area (Å²) in [5.41, 5.74) is 5.14. The van der Waals surface area contributed by atoms with Crippen LogP contribution in [0.25, 0.3) is 5.65 Å². The Bertz CT molecular complexity index is 1010. The molecule has 0 spiro atoms. The Morgan fingerprint density at radius 3 is 2.61 bits per heavy atom. The molecule has 3 aromatic rings. The molecule has 1 amide bonds. The molecule has 2 heterocycles. The summed E-state index contributed by atoms with van der Waals surface area (Å²) in [4.78, 5) is 29.0. The molecule has 146 valence electrons. The van der Waals surface area contributed by atoms with Gasteiger partial charge in [0.05, 0.1) is 5.69 Å². The van der Waals surface area contributed by atoms with E-state index >= 15 is 0 Å². The number of fused-ring (bicyclic) bond motifs is 1. The Labute approximate surface area is 163 Å². The van der Waals surface area contributed by atoms with Gasteiger partial charge in [0.2, 0.25) is 0 Å². The van der Waals surface area contributed by atoms with Crippen LogP contribution >= 0.6 is 0 Å². The summed E-state index contributed by atoms with van der Waals surface area (Å²) in [7, 11) is 0. The smallest absolute Gasteiger partial charge is 0.306 e. The van der Waals surface area contributed by atoms with Crippen LogP contribution in [0.1, 0.15) is 36.0 Å². The fraction of sp³-hybridized carbons (Fsp3) is 0.333. The number of aryl methyl sites for hydroxylation is 3.